The van der Waals surface area contributed by atoms with E-state index in [-0.39, 0.29) is 5.13 Å². The molecular weight excluding hydrogens is 298 g/mol. The van der Waals surface area contributed by atoms with Crippen LogP contribution >= 0.6 is 33.9 Å². The maximum Gasteiger partial charge on any atom is 0.177 e. The molecule has 0 aliphatic carbocycles. The zero-order valence-electron chi connectivity index (χ0n) is 7.10. The van der Waals surface area contributed by atoms with Gasteiger partial charge in [0.25, 0.3) is 0 Å². The molecular formula is C10H8FIS. The minimum absolute atomic E-state index is 0.0910. The summed E-state index contributed by atoms with van der Waals surface area (Å²) in [5, 5.41) is 0.937. The summed E-state index contributed by atoms with van der Waals surface area (Å²) in [7, 11) is 0. The number of benzene rings is 1. The fraction of sp³-hybridized carbons (Fsp3) is 0.200. The highest BCUT2D eigenvalue weighted by Gasteiger charge is 2.07. The first-order valence-corrected chi connectivity index (χ1v) is 5.98. The Kier molecular flexibility index (Phi) is 2.55. The van der Waals surface area contributed by atoms with Crippen LogP contribution in [0.4, 0.5) is 4.39 Å². The Morgan fingerprint density at radius 1 is 1.46 bits per heavy atom. The van der Waals surface area contributed by atoms with E-state index < -0.39 is 0 Å². The first-order valence-electron chi connectivity index (χ1n) is 4.08. The van der Waals surface area contributed by atoms with E-state index in [2.05, 4.69) is 29.5 Å². The number of halogens is 2. The summed E-state index contributed by atoms with van der Waals surface area (Å²) in [6.45, 7) is 2.11. The van der Waals surface area contributed by atoms with Crippen LogP contribution in [-0.4, -0.2) is 0 Å². The molecule has 0 bridgehead atoms. The summed E-state index contributed by atoms with van der Waals surface area (Å²) < 4.78 is 15.3. The van der Waals surface area contributed by atoms with E-state index >= 15 is 0 Å². The van der Waals surface area contributed by atoms with Gasteiger partial charge in [0.2, 0.25) is 0 Å². The lowest BCUT2D eigenvalue weighted by atomic mass is 10.1. The molecule has 0 atom stereocenters. The molecule has 0 unspecified atom stereocenters. The van der Waals surface area contributed by atoms with Crippen LogP contribution in [0.5, 0.6) is 0 Å². The molecule has 68 valence electrons. The SMILES string of the molecule is CCc1c(I)ccc2cc(F)sc12. The van der Waals surface area contributed by atoms with Gasteiger partial charge in [0.1, 0.15) is 0 Å². The van der Waals surface area contributed by atoms with E-state index in [4.69, 9.17) is 0 Å². The van der Waals surface area contributed by atoms with E-state index in [0.29, 0.717) is 0 Å². The lowest BCUT2D eigenvalue weighted by molar-refractivity contribution is 0.658. The maximum atomic E-state index is 13.0. The number of fused-ring (bicyclic) bond motifs is 1. The van der Waals surface area contributed by atoms with E-state index in [0.717, 1.165) is 16.5 Å². The standard InChI is InChI=1S/C10H8FIS/c1-2-7-8(12)4-3-6-5-9(11)13-10(6)7/h3-5H,2H2,1H3. The second-order valence-corrected chi connectivity index (χ2v) is 5.01. The van der Waals surface area contributed by atoms with E-state index in [9.17, 15) is 4.39 Å². The van der Waals surface area contributed by atoms with Crippen LogP contribution in [0.15, 0.2) is 18.2 Å². The molecule has 0 N–H and O–H groups in total. The van der Waals surface area contributed by atoms with Gasteiger partial charge in [0.05, 0.1) is 0 Å². The average Bonchev–Trinajstić information content (AvgIpc) is 2.45. The van der Waals surface area contributed by atoms with Crippen molar-refractivity contribution >= 4 is 44.0 Å². The first-order chi connectivity index (χ1) is 6.22. The second-order valence-electron chi connectivity index (χ2n) is 2.85. The van der Waals surface area contributed by atoms with Crippen molar-refractivity contribution in [2.75, 3.05) is 0 Å². The van der Waals surface area contributed by atoms with Crippen molar-refractivity contribution in [1.29, 1.82) is 0 Å². The Labute approximate surface area is 93.9 Å². The Morgan fingerprint density at radius 3 is 2.92 bits per heavy atom. The van der Waals surface area contributed by atoms with Gasteiger partial charge in [-0.15, -0.1) is 11.3 Å². The monoisotopic (exact) mass is 306 g/mol. The van der Waals surface area contributed by atoms with Gasteiger partial charge >= 0.3 is 0 Å². The normalized spacial score (nSPS) is 11.0. The van der Waals surface area contributed by atoms with E-state index in [1.54, 1.807) is 6.07 Å². The number of hydrogen-bond donors (Lipinski definition) is 0. The Hall–Kier alpha value is -0.160. The molecule has 0 amide bonds. The van der Waals surface area contributed by atoms with Crippen LogP contribution in [0.2, 0.25) is 0 Å². The molecule has 0 aliphatic heterocycles. The smallest absolute Gasteiger partial charge is 0.177 e. The highest BCUT2D eigenvalue weighted by molar-refractivity contribution is 14.1. The molecule has 0 saturated carbocycles. The highest BCUT2D eigenvalue weighted by atomic mass is 127. The molecule has 2 rings (SSSR count). The number of aryl methyl sites for hydroxylation is 1. The summed E-state index contributed by atoms with van der Waals surface area (Å²) >= 11 is 3.55. The summed E-state index contributed by atoms with van der Waals surface area (Å²) in [6.07, 6.45) is 0.968. The van der Waals surface area contributed by atoms with Crippen LogP contribution in [-0.2, 0) is 6.42 Å². The number of hydrogen-bond acceptors (Lipinski definition) is 1. The summed E-state index contributed by atoms with van der Waals surface area (Å²) in [4.78, 5) is 0. The molecule has 0 radical (unpaired) electrons. The molecule has 0 saturated heterocycles. The second kappa shape index (κ2) is 3.53. The minimum Gasteiger partial charge on any atom is -0.195 e. The zero-order valence-corrected chi connectivity index (χ0v) is 10.1. The van der Waals surface area contributed by atoms with Crippen LogP contribution in [0.3, 0.4) is 0 Å². The minimum atomic E-state index is -0.0910. The average molecular weight is 306 g/mol. The topological polar surface area (TPSA) is 0 Å². The van der Waals surface area contributed by atoms with Gasteiger partial charge in [-0.1, -0.05) is 13.0 Å². The Morgan fingerprint density at radius 2 is 2.23 bits per heavy atom. The van der Waals surface area contributed by atoms with Crippen molar-refractivity contribution in [3.63, 3.8) is 0 Å². The highest BCUT2D eigenvalue weighted by Crippen LogP contribution is 2.30. The largest absolute Gasteiger partial charge is 0.195 e. The van der Waals surface area contributed by atoms with Crippen LogP contribution in [0, 0.1) is 8.70 Å². The lowest BCUT2D eigenvalue weighted by Gasteiger charge is -2.01. The third-order valence-electron chi connectivity index (χ3n) is 2.06. The molecule has 0 nitrogen and oxygen atoms in total. The van der Waals surface area contributed by atoms with Gasteiger partial charge < -0.3 is 0 Å². The third kappa shape index (κ3) is 1.59. The molecule has 1 aromatic heterocycles. The quantitative estimate of drug-likeness (QED) is 0.692. The summed E-state index contributed by atoms with van der Waals surface area (Å²) in [5.74, 6) is 0. The van der Waals surface area contributed by atoms with Gasteiger partial charge in [-0.25, -0.2) is 0 Å². The number of thiophene rings is 1. The van der Waals surface area contributed by atoms with Gasteiger partial charge in [-0.05, 0) is 52.1 Å². The molecule has 1 heterocycles. The first kappa shape index (κ1) is 9.40. The van der Waals surface area contributed by atoms with Crippen molar-refractivity contribution in [2.45, 2.75) is 13.3 Å². The molecule has 3 heteroatoms. The van der Waals surface area contributed by atoms with Crippen molar-refractivity contribution < 1.29 is 4.39 Å². The maximum absolute atomic E-state index is 13.0. The zero-order chi connectivity index (χ0) is 9.42. The van der Waals surface area contributed by atoms with Crippen molar-refractivity contribution in [2.24, 2.45) is 0 Å². The molecule has 13 heavy (non-hydrogen) atoms. The van der Waals surface area contributed by atoms with Gasteiger partial charge in [-0.2, -0.15) is 4.39 Å². The Balaban J connectivity index is 2.82. The van der Waals surface area contributed by atoms with Crippen LogP contribution in [0.25, 0.3) is 10.1 Å². The summed E-state index contributed by atoms with van der Waals surface area (Å²) in [6, 6.07) is 5.64. The van der Waals surface area contributed by atoms with Gasteiger partial charge in [-0.3, -0.25) is 0 Å². The fourth-order valence-corrected chi connectivity index (χ4v) is 3.45. The Bertz CT molecular complexity index is 447. The van der Waals surface area contributed by atoms with E-state index in [1.807, 2.05) is 12.1 Å². The van der Waals surface area contributed by atoms with E-state index in [1.165, 1.54) is 20.5 Å². The molecule has 0 spiro atoms. The van der Waals surface area contributed by atoms with Crippen LogP contribution in [0.1, 0.15) is 12.5 Å². The third-order valence-corrected chi connectivity index (χ3v) is 4.07. The van der Waals surface area contributed by atoms with Crippen molar-refractivity contribution in [3.8, 4) is 0 Å². The lowest BCUT2D eigenvalue weighted by Crippen LogP contribution is -1.84. The molecule has 0 fully saturated rings. The predicted molar refractivity (Wildman–Crippen MR) is 63.9 cm³/mol. The molecule has 2 aromatic rings. The predicted octanol–water partition coefficient (Wildman–Crippen LogP) is 4.21. The fourth-order valence-electron chi connectivity index (χ4n) is 1.43. The summed E-state index contributed by atoms with van der Waals surface area (Å²) in [5.41, 5.74) is 1.27. The molecule has 1 aromatic carbocycles. The van der Waals surface area contributed by atoms with Gasteiger partial charge in [0.15, 0.2) is 5.13 Å². The molecule has 0 aliphatic rings. The van der Waals surface area contributed by atoms with Crippen molar-refractivity contribution in [1.82, 2.24) is 0 Å². The van der Waals surface area contributed by atoms with Crippen LogP contribution < -0.4 is 0 Å². The van der Waals surface area contributed by atoms with Gasteiger partial charge in [0, 0.05) is 8.27 Å². The number of rotatable bonds is 1. The van der Waals surface area contributed by atoms with Crippen molar-refractivity contribution in [3.05, 3.63) is 32.5 Å².